The number of carbonyl (C=O) groups excluding carboxylic acids is 1. The molecule has 3 aromatic rings. The van der Waals surface area contributed by atoms with Gasteiger partial charge in [0.2, 0.25) is 0 Å². The number of halogens is 2. The average molecular weight is 540 g/mol. The van der Waals surface area contributed by atoms with Crippen molar-refractivity contribution in [3.63, 3.8) is 0 Å². The molecule has 1 aliphatic heterocycles. The Morgan fingerprint density at radius 3 is 2.56 bits per heavy atom. The molecule has 3 aromatic carbocycles. The van der Waals surface area contributed by atoms with Crippen LogP contribution in [0.15, 0.2) is 89.3 Å². The van der Waals surface area contributed by atoms with Crippen LogP contribution >= 0.6 is 35.0 Å². The summed E-state index contributed by atoms with van der Waals surface area (Å²) in [6, 6.07) is 18.4. The summed E-state index contributed by atoms with van der Waals surface area (Å²) in [5.74, 6) is 0.0796. The maximum Gasteiger partial charge on any atom is 0.270 e. The van der Waals surface area contributed by atoms with E-state index in [0.717, 1.165) is 17.3 Å². The SMILES string of the molecule is C=CCN1C(=O)C(=Cc2cc([N+](=O)[O-])ccc2OCc2ccccc2Cl)SC1=Nc1ccc(Cl)cc1. The minimum absolute atomic E-state index is 0.125. The Bertz CT molecular complexity index is 1390. The largest absolute Gasteiger partial charge is 0.488 e. The maximum atomic E-state index is 13.2. The van der Waals surface area contributed by atoms with E-state index in [1.807, 2.05) is 18.2 Å². The van der Waals surface area contributed by atoms with E-state index in [4.69, 9.17) is 27.9 Å². The van der Waals surface area contributed by atoms with E-state index in [1.54, 1.807) is 42.5 Å². The number of hydrogen-bond donors (Lipinski definition) is 0. The van der Waals surface area contributed by atoms with Gasteiger partial charge < -0.3 is 4.74 Å². The average Bonchev–Trinajstić information content (AvgIpc) is 3.14. The Morgan fingerprint density at radius 2 is 1.86 bits per heavy atom. The van der Waals surface area contributed by atoms with Crippen LogP contribution in [0.3, 0.4) is 0 Å². The highest BCUT2D eigenvalue weighted by molar-refractivity contribution is 8.18. The Kier molecular flexibility index (Phi) is 8.10. The van der Waals surface area contributed by atoms with E-state index in [9.17, 15) is 14.9 Å². The van der Waals surface area contributed by atoms with E-state index >= 15 is 0 Å². The van der Waals surface area contributed by atoms with Crippen molar-refractivity contribution in [1.82, 2.24) is 4.90 Å². The van der Waals surface area contributed by atoms with Crippen molar-refractivity contribution in [3.8, 4) is 5.75 Å². The second kappa shape index (κ2) is 11.4. The predicted molar refractivity (Wildman–Crippen MR) is 145 cm³/mol. The third-order valence-corrected chi connectivity index (χ3v) is 6.71. The van der Waals surface area contributed by atoms with E-state index in [2.05, 4.69) is 11.6 Å². The topological polar surface area (TPSA) is 85.0 Å². The molecule has 0 aliphatic carbocycles. The van der Waals surface area contributed by atoms with Gasteiger partial charge in [-0.3, -0.25) is 19.8 Å². The van der Waals surface area contributed by atoms with E-state index in [1.165, 1.54) is 23.1 Å². The monoisotopic (exact) mass is 539 g/mol. The lowest BCUT2D eigenvalue weighted by molar-refractivity contribution is -0.384. The second-order valence-corrected chi connectivity index (χ2v) is 9.40. The van der Waals surface area contributed by atoms with E-state index in [0.29, 0.717) is 37.1 Å². The molecule has 0 saturated carbocycles. The lowest BCUT2D eigenvalue weighted by Crippen LogP contribution is -2.29. The lowest BCUT2D eigenvalue weighted by atomic mass is 10.1. The zero-order valence-electron chi connectivity index (χ0n) is 18.8. The van der Waals surface area contributed by atoms with Gasteiger partial charge in [-0.1, -0.05) is 47.5 Å². The number of amides is 1. The molecule has 0 spiro atoms. The summed E-state index contributed by atoms with van der Waals surface area (Å²) in [5.41, 5.74) is 1.65. The van der Waals surface area contributed by atoms with Gasteiger partial charge >= 0.3 is 0 Å². The Balaban J connectivity index is 1.69. The van der Waals surface area contributed by atoms with Crippen LogP contribution in [0.5, 0.6) is 5.75 Å². The number of aliphatic imine (C=N–C) groups is 1. The van der Waals surface area contributed by atoms with Crippen LogP contribution in [0.2, 0.25) is 10.0 Å². The fraction of sp³-hybridized carbons (Fsp3) is 0.0769. The van der Waals surface area contributed by atoms with Gasteiger partial charge in [-0.15, -0.1) is 6.58 Å². The number of thioether (sulfide) groups is 1. The first-order valence-corrected chi connectivity index (χ1v) is 12.2. The molecular weight excluding hydrogens is 521 g/mol. The maximum absolute atomic E-state index is 13.2. The van der Waals surface area contributed by atoms with Crippen molar-refractivity contribution in [2.75, 3.05) is 6.54 Å². The van der Waals surface area contributed by atoms with Gasteiger partial charge in [0.1, 0.15) is 12.4 Å². The summed E-state index contributed by atoms with van der Waals surface area (Å²) >= 11 is 13.3. The summed E-state index contributed by atoms with van der Waals surface area (Å²) in [6.45, 7) is 4.13. The van der Waals surface area contributed by atoms with Crippen LogP contribution in [0.1, 0.15) is 11.1 Å². The quantitative estimate of drug-likeness (QED) is 0.130. The van der Waals surface area contributed by atoms with Gasteiger partial charge in [0.25, 0.3) is 11.6 Å². The van der Waals surface area contributed by atoms with Gasteiger partial charge in [0.15, 0.2) is 5.17 Å². The number of nitro groups is 1. The number of amidine groups is 1. The molecule has 0 radical (unpaired) electrons. The van der Waals surface area contributed by atoms with Gasteiger partial charge in [0, 0.05) is 39.8 Å². The lowest BCUT2D eigenvalue weighted by Gasteiger charge is -2.12. The van der Waals surface area contributed by atoms with Crippen molar-refractivity contribution in [2.24, 2.45) is 4.99 Å². The van der Waals surface area contributed by atoms with Crippen molar-refractivity contribution in [2.45, 2.75) is 6.61 Å². The summed E-state index contributed by atoms with van der Waals surface area (Å²) < 4.78 is 5.95. The zero-order chi connectivity index (χ0) is 25.7. The molecule has 182 valence electrons. The molecule has 1 fully saturated rings. The normalized spacial score (nSPS) is 15.5. The Hall–Kier alpha value is -3.59. The molecule has 0 unspecified atom stereocenters. The molecule has 1 aliphatic rings. The molecule has 10 heteroatoms. The summed E-state index contributed by atoms with van der Waals surface area (Å²) in [4.78, 5) is 30.5. The first-order valence-electron chi connectivity index (χ1n) is 10.7. The van der Waals surface area contributed by atoms with Crippen molar-refractivity contribution in [3.05, 3.63) is 116 Å². The second-order valence-electron chi connectivity index (χ2n) is 7.55. The number of nitrogens with zero attached hydrogens (tertiary/aromatic N) is 3. The number of non-ortho nitro benzene ring substituents is 1. The number of hydrogen-bond acceptors (Lipinski definition) is 6. The van der Waals surface area contributed by atoms with Crippen molar-refractivity contribution < 1.29 is 14.5 Å². The van der Waals surface area contributed by atoms with Crippen LogP contribution in [0.4, 0.5) is 11.4 Å². The fourth-order valence-corrected chi connectivity index (χ4v) is 4.63. The van der Waals surface area contributed by atoms with Crippen LogP contribution in [-0.4, -0.2) is 27.4 Å². The minimum atomic E-state index is -0.499. The summed E-state index contributed by atoms with van der Waals surface area (Å²) in [5, 5.41) is 13.0. The number of rotatable bonds is 8. The number of nitro benzene ring substituents is 1. The smallest absolute Gasteiger partial charge is 0.270 e. The van der Waals surface area contributed by atoms with E-state index in [-0.39, 0.29) is 24.7 Å². The molecular formula is C26H19Cl2N3O4S. The van der Waals surface area contributed by atoms with Crippen LogP contribution < -0.4 is 4.74 Å². The van der Waals surface area contributed by atoms with Gasteiger partial charge in [-0.05, 0) is 54.2 Å². The predicted octanol–water partition coefficient (Wildman–Crippen LogP) is 7.27. The molecule has 1 saturated heterocycles. The van der Waals surface area contributed by atoms with Gasteiger partial charge in [-0.25, -0.2) is 4.99 Å². The van der Waals surface area contributed by atoms with Crippen molar-refractivity contribution >= 4 is 63.5 Å². The fourth-order valence-electron chi connectivity index (χ4n) is 3.31. The zero-order valence-corrected chi connectivity index (χ0v) is 21.1. The highest BCUT2D eigenvalue weighted by atomic mass is 35.5. The molecule has 1 amide bonds. The van der Waals surface area contributed by atoms with Gasteiger partial charge in [-0.2, -0.15) is 0 Å². The molecule has 0 aromatic heterocycles. The molecule has 0 N–H and O–H groups in total. The van der Waals surface area contributed by atoms with Gasteiger partial charge in [0.05, 0.1) is 15.5 Å². The number of ether oxygens (including phenoxy) is 1. The molecule has 7 nitrogen and oxygen atoms in total. The van der Waals surface area contributed by atoms with Crippen LogP contribution in [0.25, 0.3) is 6.08 Å². The molecule has 36 heavy (non-hydrogen) atoms. The summed E-state index contributed by atoms with van der Waals surface area (Å²) in [7, 11) is 0. The molecule has 0 bridgehead atoms. The first-order chi connectivity index (χ1) is 17.4. The molecule has 1 heterocycles. The van der Waals surface area contributed by atoms with Crippen molar-refractivity contribution in [1.29, 1.82) is 0 Å². The summed E-state index contributed by atoms with van der Waals surface area (Å²) in [6.07, 6.45) is 3.17. The highest BCUT2D eigenvalue weighted by Crippen LogP contribution is 2.37. The standard InChI is InChI=1S/C26H19Cl2N3O4S/c1-2-13-30-25(32)24(36-26(30)29-20-9-7-19(27)8-10-20)15-18-14-21(31(33)34)11-12-23(18)35-16-17-5-3-4-6-22(17)28/h2-12,14-15H,1,13,16H2. The minimum Gasteiger partial charge on any atom is -0.488 e. The molecule has 4 rings (SSSR count). The number of carbonyl (C=O) groups is 1. The number of benzene rings is 3. The first kappa shape index (κ1) is 25.5. The highest BCUT2D eigenvalue weighted by Gasteiger charge is 2.33. The molecule has 0 atom stereocenters. The van der Waals surface area contributed by atoms with Crippen LogP contribution in [0, 0.1) is 10.1 Å². The third kappa shape index (κ3) is 5.96. The third-order valence-electron chi connectivity index (χ3n) is 5.08. The van der Waals surface area contributed by atoms with Crippen LogP contribution in [-0.2, 0) is 11.4 Å². The Labute approximate surface area is 221 Å². The Morgan fingerprint density at radius 1 is 1.11 bits per heavy atom. The van der Waals surface area contributed by atoms with E-state index < -0.39 is 4.92 Å².